The monoisotopic (exact) mass is 280 g/mol. The first-order valence-electron chi connectivity index (χ1n) is 6.78. The van der Waals surface area contributed by atoms with Crippen molar-refractivity contribution in [3.63, 3.8) is 0 Å². The molecule has 1 aromatic rings. The van der Waals surface area contributed by atoms with E-state index in [-0.39, 0.29) is 11.9 Å². The highest BCUT2D eigenvalue weighted by molar-refractivity contribution is 6.34. The SMILES string of the molecule is CC1CCC(Oc2ccc(C(=N)N)c(Cl)c2)CC1C. The molecule has 19 heavy (non-hydrogen) atoms. The zero-order valence-electron chi connectivity index (χ0n) is 11.4. The van der Waals surface area contributed by atoms with Crippen LogP contribution in [0.3, 0.4) is 0 Å². The summed E-state index contributed by atoms with van der Waals surface area (Å²) in [7, 11) is 0. The van der Waals surface area contributed by atoms with E-state index in [1.54, 1.807) is 12.1 Å². The Kier molecular flexibility index (Phi) is 4.35. The Hall–Kier alpha value is -1.22. The molecule has 2 rings (SSSR count). The van der Waals surface area contributed by atoms with Crippen molar-refractivity contribution in [1.29, 1.82) is 5.41 Å². The molecule has 104 valence electrons. The first-order chi connectivity index (χ1) is 8.97. The highest BCUT2D eigenvalue weighted by Crippen LogP contribution is 2.32. The molecule has 3 N–H and O–H groups in total. The number of nitrogens with two attached hydrogens (primary N) is 1. The van der Waals surface area contributed by atoms with Gasteiger partial charge in [0.25, 0.3) is 0 Å². The summed E-state index contributed by atoms with van der Waals surface area (Å²) in [5, 5.41) is 7.87. The van der Waals surface area contributed by atoms with Crippen molar-refractivity contribution in [3.8, 4) is 5.75 Å². The Balaban J connectivity index is 2.04. The Labute approximate surface area is 119 Å². The Bertz CT molecular complexity index is 475. The summed E-state index contributed by atoms with van der Waals surface area (Å²) in [6.45, 7) is 4.59. The molecule has 1 saturated carbocycles. The van der Waals surface area contributed by atoms with Crippen LogP contribution in [0, 0.1) is 17.2 Å². The average Bonchev–Trinajstić information content (AvgIpc) is 2.33. The highest BCUT2D eigenvalue weighted by atomic mass is 35.5. The van der Waals surface area contributed by atoms with E-state index in [0.29, 0.717) is 16.5 Å². The number of hydrogen-bond donors (Lipinski definition) is 2. The summed E-state index contributed by atoms with van der Waals surface area (Å²) >= 11 is 6.09. The second-order valence-corrected chi connectivity index (χ2v) is 5.97. The van der Waals surface area contributed by atoms with Crippen LogP contribution in [0.25, 0.3) is 0 Å². The van der Waals surface area contributed by atoms with Crippen LogP contribution in [0.4, 0.5) is 0 Å². The maximum atomic E-state index is 7.40. The van der Waals surface area contributed by atoms with Gasteiger partial charge in [0.05, 0.1) is 11.1 Å². The molecule has 0 aromatic heterocycles. The van der Waals surface area contributed by atoms with Gasteiger partial charge in [0.1, 0.15) is 11.6 Å². The molecule has 3 atom stereocenters. The molecule has 0 amide bonds. The molecule has 0 bridgehead atoms. The normalized spacial score (nSPS) is 27.0. The smallest absolute Gasteiger partial charge is 0.124 e. The van der Waals surface area contributed by atoms with Crippen LogP contribution < -0.4 is 10.5 Å². The highest BCUT2D eigenvalue weighted by Gasteiger charge is 2.25. The van der Waals surface area contributed by atoms with Crippen molar-refractivity contribution in [3.05, 3.63) is 28.8 Å². The Morgan fingerprint density at radius 3 is 2.63 bits per heavy atom. The summed E-state index contributed by atoms with van der Waals surface area (Å²) in [6.07, 6.45) is 3.67. The van der Waals surface area contributed by atoms with Crippen molar-refractivity contribution >= 4 is 17.4 Å². The summed E-state index contributed by atoms with van der Waals surface area (Å²) in [5.74, 6) is 2.23. The van der Waals surface area contributed by atoms with E-state index < -0.39 is 0 Å². The fourth-order valence-electron chi connectivity index (χ4n) is 2.59. The van der Waals surface area contributed by atoms with Gasteiger partial charge in [-0.3, -0.25) is 5.41 Å². The lowest BCUT2D eigenvalue weighted by atomic mass is 9.80. The maximum Gasteiger partial charge on any atom is 0.124 e. The molecule has 4 heteroatoms. The van der Waals surface area contributed by atoms with E-state index in [1.807, 2.05) is 6.07 Å². The quantitative estimate of drug-likeness (QED) is 0.653. The molecule has 3 unspecified atom stereocenters. The van der Waals surface area contributed by atoms with Gasteiger partial charge in [-0.05, 0) is 49.3 Å². The summed E-state index contributed by atoms with van der Waals surface area (Å²) in [5.41, 5.74) is 6.00. The van der Waals surface area contributed by atoms with Gasteiger partial charge in [-0.1, -0.05) is 25.4 Å². The minimum Gasteiger partial charge on any atom is -0.490 e. The molecular formula is C15H21ClN2O. The van der Waals surface area contributed by atoms with Gasteiger partial charge in [-0.2, -0.15) is 0 Å². The van der Waals surface area contributed by atoms with Crippen molar-refractivity contribution in [2.24, 2.45) is 17.6 Å². The van der Waals surface area contributed by atoms with E-state index in [4.69, 9.17) is 27.5 Å². The molecule has 1 aromatic carbocycles. The minimum absolute atomic E-state index is 0.0170. The Morgan fingerprint density at radius 2 is 2.05 bits per heavy atom. The van der Waals surface area contributed by atoms with Crippen LogP contribution in [0.1, 0.15) is 38.7 Å². The average molecular weight is 281 g/mol. The predicted octanol–water partition coefficient (Wildman–Crippen LogP) is 3.83. The standard InChI is InChI=1S/C15H21ClN2O/c1-9-3-4-11(7-10(9)2)19-12-5-6-13(15(17)18)14(16)8-12/h5-6,8-11H,3-4,7H2,1-2H3,(H3,17,18). The van der Waals surface area contributed by atoms with E-state index in [9.17, 15) is 0 Å². The van der Waals surface area contributed by atoms with Crippen molar-refractivity contribution in [2.45, 2.75) is 39.2 Å². The predicted molar refractivity (Wildman–Crippen MR) is 79.1 cm³/mol. The van der Waals surface area contributed by atoms with Crippen LogP contribution in [-0.2, 0) is 0 Å². The molecule has 0 radical (unpaired) electrons. The second-order valence-electron chi connectivity index (χ2n) is 5.56. The first-order valence-corrected chi connectivity index (χ1v) is 7.15. The van der Waals surface area contributed by atoms with Crippen molar-refractivity contribution in [2.75, 3.05) is 0 Å². The molecule has 3 nitrogen and oxygen atoms in total. The molecular weight excluding hydrogens is 260 g/mol. The lowest BCUT2D eigenvalue weighted by Gasteiger charge is -2.32. The molecule has 0 heterocycles. The summed E-state index contributed by atoms with van der Waals surface area (Å²) < 4.78 is 5.99. The van der Waals surface area contributed by atoms with E-state index in [1.165, 1.54) is 6.42 Å². The number of nitrogens with one attached hydrogen (secondary N) is 1. The number of hydrogen-bond acceptors (Lipinski definition) is 2. The van der Waals surface area contributed by atoms with Crippen molar-refractivity contribution < 1.29 is 4.74 Å². The number of halogens is 1. The number of rotatable bonds is 3. The third kappa shape index (κ3) is 3.41. The van der Waals surface area contributed by atoms with Crippen LogP contribution in [0.2, 0.25) is 5.02 Å². The molecule has 1 fully saturated rings. The zero-order valence-corrected chi connectivity index (χ0v) is 12.2. The lowest BCUT2D eigenvalue weighted by molar-refractivity contribution is 0.101. The zero-order chi connectivity index (χ0) is 14.0. The number of amidine groups is 1. The van der Waals surface area contributed by atoms with Gasteiger partial charge in [0.15, 0.2) is 0 Å². The van der Waals surface area contributed by atoms with Crippen LogP contribution in [0.15, 0.2) is 18.2 Å². The maximum absolute atomic E-state index is 7.40. The van der Waals surface area contributed by atoms with Crippen LogP contribution >= 0.6 is 11.6 Å². The van der Waals surface area contributed by atoms with Gasteiger partial charge in [-0.25, -0.2) is 0 Å². The van der Waals surface area contributed by atoms with Gasteiger partial charge < -0.3 is 10.5 Å². The van der Waals surface area contributed by atoms with Gasteiger partial charge in [0, 0.05) is 5.56 Å². The van der Waals surface area contributed by atoms with Crippen LogP contribution in [0.5, 0.6) is 5.75 Å². The summed E-state index contributed by atoms with van der Waals surface area (Å²) in [4.78, 5) is 0. The van der Waals surface area contributed by atoms with E-state index >= 15 is 0 Å². The minimum atomic E-state index is -0.0170. The Morgan fingerprint density at radius 1 is 1.32 bits per heavy atom. The third-order valence-electron chi connectivity index (χ3n) is 4.08. The lowest BCUT2D eigenvalue weighted by Crippen LogP contribution is -2.28. The molecule has 0 aliphatic heterocycles. The molecule has 0 saturated heterocycles. The molecule has 1 aliphatic rings. The molecule has 0 spiro atoms. The van der Waals surface area contributed by atoms with Gasteiger partial charge in [-0.15, -0.1) is 0 Å². The molecule has 1 aliphatic carbocycles. The first kappa shape index (κ1) is 14.2. The van der Waals surface area contributed by atoms with E-state index in [0.717, 1.165) is 24.5 Å². The second kappa shape index (κ2) is 5.83. The topological polar surface area (TPSA) is 59.1 Å². The summed E-state index contributed by atoms with van der Waals surface area (Å²) in [6, 6.07) is 5.33. The fourth-order valence-corrected chi connectivity index (χ4v) is 2.86. The van der Waals surface area contributed by atoms with Crippen LogP contribution in [-0.4, -0.2) is 11.9 Å². The van der Waals surface area contributed by atoms with E-state index in [2.05, 4.69) is 13.8 Å². The number of ether oxygens (including phenoxy) is 1. The third-order valence-corrected chi connectivity index (χ3v) is 4.40. The van der Waals surface area contributed by atoms with Gasteiger partial charge >= 0.3 is 0 Å². The number of benzene rings is 1. The fraction of sp³-hybridized carbons (Fsp3) is 0.533. The van der Waals surface area contributed by atoms with Gasteiger partial charge in [0.2, 0.25) is 0 Å². The van der Waals surface area contributed by atoms with Crippen molar-refractivity contribution in [1.82, 2.24) is 0 Å². The largest absolute Gasteiger partial charge is 0.490 e. The number of nitrogen functional groups attached to an aromatic ring is 1.